The molecule has 14 heteroatoms. The fourth-order valence-corrected chi connectivity index (χ4v) is 3.18. The SMILES string of the molecule is CNC(=O)c1ccc(Nc2ncc(C(F)(F)F)c(Nc3sccc3C(=O)O)n2)cc1.NC=O. The maximum absolute atomic E-state index is 13.4. The number of hydrogen-bond acceptors (Lipinski definition) is 8. The van der Waals surface area contributed by atoms with E-state index in [1.807, 2.05) is 0 Å². The first kappa shape index (κ1) is 25.1. The van der Waals surface area contributed by atoms with Gasteiger partial charge in [0.1, 0.15) is 16.4 Å². The molecule has 0 atom stereocenters. The number of carboxylic acids is 1. The lowest BCUT2D eigenvalue weighted by atomic mass is 10.2. The molecule has 0 aliphatic carbocycles. The summed E-state index contributed by atoms with van der Waals surface area (Å²) in [6.45, 7) is 0. The van der Waals surface area contributed by atoms with Gasteiger partial charge in [-0.15, -0.1) is 11.3 Å². The average Bonchev–Trinajstić information content (AvgIpc) is 3.22. The molecule has 2 aromatic heterocycles. The minimum absolute atomic E-state index is 0.00702. The first-order valence-electron chi connectivity index (χ1n) is 8.87. The van der Waals surface area contributed by atoms with Gasteiger partial charge in [0.2, 0.25) is 12.4 Å². The van der Waals surface area contributed by atoms with Crippen LogP contribution in [0.3, 0.4) is 0 Å². The highest BCUT2D eigenvalue weighted by Crippen LogP contribution is 2.37. The molecule has 3 aromatic rings. The summed E-state index contributed by atoms with van der Waals surface area (Å²) >= 11 is 0.930. The van der Waals surface area contributed by atoms with Crippen molar-refractivity contribution in [2.24, 2.45) is 5.73 Å². The van der Waals surface area contributed by atoms with Crippen LogP contribution in [0.1, 0.15) is 26.3 Å². The number of benzene rings is 1. The van der Waals surface area contributed by atoms with Gasteiger partial charge < -0.3 is 26.8 Å². The van der Waals surface area contributed by atoms with E-state index in [9.17, 15) is 22.8 Å². The maximum Gasteiger partial charge on any atom is 0.421 e. The number of carboxylic acid groups (broad SMARTS) is 1. The van der Waals surface area contributed by atoms with E-state index in [-0.39, 0.29) is 28.8 Å². The lowest BCUT2D eigenvalue weighted by Gasteiger charge is -2.14. The third-order valence-electron chi connectivity index (χ3n) is 3.85. The van der Waals surface area contributed by atoms with Gasteiger partial charge >= 0.3 is 12.1 Å². The number of hydrogen-bond donors (Lipinski definition) is 5. The van der Waals surface area contributed by atoms with E-state index in [1.165, 1.54) is 30.6 Å². The summed E-state index contributed by atoms with van der Waals surface area (Å²) < 4.78 is 40.1. The highest BCUT2D eigenvalue weighted by Gasteiger charge is 2.35. The molecule has 0 aliphatic heterocycles. The fourth-order valence-electron chi connectivity index (χ4n) is 2.41. The molecule has 0 spiro atoms. The number of carbonyl (C=O) groups excluding carboxylic acids is 2. The number of amides is 2. The van der Waals surface area contributed by atoms with Crippen molar-refractivity contribution in [1.82, 2.24) is 15.3 Å². The van der Waals surface area contributed by atoms with Crippen LogP contribution in [0.4, 0.5) is 35.6 Å². The third kappa shape index (κ3) is 6.64. The van der Waals surface area contributed by atoms with E-state index in [2.05, 4.69) is 31.7 Å². The quantitative estimate of drug-likeness (QED) is 0.335. The van der Waals surface area contributed by atoms with Crippen molar-refractivity contribution in [3.8, 4) is 0 Å². The monoisotopic (exact) mass is 482 g/mol. The molecule has 6 N–H and O–H groups in total. The molecule has 0 aliphatic rings. The molecule has 1 aromatic carbocycles. The summed E-state index contributed by atoms with van der Waals surface area (Å²) in [5, 5.41) is 18.3. The van der Waals surface area contributed by atoms with Crippen LogP contribution < -0.4 is 21.7 Å². The summed E-state index contributed by atoms with van der Waals surface area (Å²) in [5.74, 6) is -2.31. The molecule has 10 nitrogen and oxygen atoms in total. The van der Waals surface area contributed by atoms with Gasteiger partial charge in [-0.3, -0.25) is 9.59 Å². The molecule has 2 amide bonds. The minimum atomic E-state index is -4.75. The first-order valence-corrected chi connectivity index (χ1v) is 9.75. The number of thiophene rings is 1. The Morgan fingerprint density at radius 1 is 1.15 bits per heavy atom. The van der Waals surface area contributed by atoms with Crippen molar-refractivity contribution in [1.29, 1.82) is 0 Å². The van der Waals surface area contributed by atoms with Gasteiger partial charge in [-0.25, -0.2) is 9.78 Å². The third-order valence-corrected chi connectivity index (χ3v) is 4.68. The van der Waals surface area contributed by atoms with E-state index in [1.54, 1.807) is 12.1 Å². The van der Waals surface area contributed by atoms with Gasteiger partial charge in [-0.05, 0) is 35.7 Å². The summed E-state index contributed by atoms with van der Waals surface area (Å²) in [6.07, 6.45) is -3.90. The number of nitrogens with one attached hydrogen (secondary N) is 3. The first-order chi connectivity index (χ1) is 15.6. The molecule has 0 radical (unpaired) electrons. The van der Waals surface area contributed by atoms with Gasteiger partial charge in [-0.1, -0.05) is 0 Å². The number of anilines is 4. The van der Waals surface area contributed by atoms with Gasteiger partial charge in [0.05, 0.1) is 5.56 Å². The molecule has 0 saturated carbocycles. The van der Waals surface area contributed by atoms with Crippen LogP contribution >= 0.6 is 11.3 Å². The second-order valence-electron chi connectivity index (χ2n) is 5.96. The van der Waals surface area contributed by atoms with Gasteiger partial charge in [0, 0.05) is 24.5 Å². The molecule has 3 rings (SSSR count). The Morgan fingerprint density at radius 3 is 2.33 bits per heavy atom. The Balaban J connectivity index is 0.00000122. The lowest BCUT2D eigenvalue weighted by molar-refractivity contribution is -0.137. The zero-order valence-electron chi connectivity index (χ0n) is 16.8. The highest BCUT2D eigenvalue weighted by atomic mass is 32.1. The van der Waals surface area contributed by atoms with Crippen LogP contribution in [0.15, 0.2) is 41.9 Å². The van der Waals surface area contributed by atoms with Crippen LogP contribution in [0.25, 0.3) is 0 Å². The van der Waals surface area contributed by atoms with Crippen molar-refractivity contribution in [3.05, 3.63) is 58.6 Å². The van der Waals surface area contributed by atoms with E-state index < -0.39 is 23.5 Å². The van der Waals surface area contributed by atoms with Crippen LogP contribution in [0.5, 0.6) is 0 Å². The van der Waals surface area contributed by atoms with Gasteiger partial charge in [0.15, 0.2) is 0 Å². The summed E-state index contributed by atoms with van der Waals surface area (Å²) in [5.41, 5.74) is 3.69. The summed E-state index contributed by atoms with van der Waals surface area (Å²) in [4.78, 5) is 38.9. The van der Waals surface area contributed by atoms with Crippen molar-refractivity contribution in [2.45, 2.75) is 6.18 Å². The predicted octanol–water partition coefficient (Wildman–Crippen LogP) is 3.20. The van der Waals surface area contributed by atoms with Crippen molar-refractivity contribution >= 4 is 52.1 Å². The Kier molecular flexibility index (Phi) is 8.28. The number of alkyl halides is 3. The van der Waals surface area contributed by atoms with E-state index >= 15 is 0 Å². The zero-order valence-corrected chi connectivity index (χ0v) is 17.6. The normalized spacial score (nSPS) is 10.4. The number of carbonyl (C=O) groups is 3. The molecular weight excluding hydrogens is 465 g/mol. The van der Waals surface area contributed by atoms with Gasteiger partial charge in [-0.2, -0.15) is 18.2 Å². The molecule has 0 fully saturated rings. The Bertz CT molecular complexity index is 1140. The largest absolute Gasteiger partial charge is 0.478 e. The maximum atomic E-state index is 13.4. The lowest BCUT2D eigenvalue weighted by Crippen LogP contribution is -2.17. The van der Waals surface area contributed by atoms with Crippen LogP contribution in [-0.2, 0) is 11.0 Å². The minimum Gasteiger partial charge on any atom is -0.478 e. The topological polar surface area (TPSA) is 159 Å². The van der Waals surface area contributed by atoms with Gasteiger partial charge in [0.25, 0.3) is 5.91 Å². The fraction of sp³-hybridized carbons (Fsp3) is 0.105. The molecule has 174 valence electrons. The van der Waals surface area contributed by atoms with E-state index in [0.29, 0.717) is 17.4 Å². The van der Waals surface area contributed by atoms with Crippen molar-refractivity contribution < 1.29 is 32.7 Å². The Labute approximate surface area is 188 Å². The summed E-state index contributed by atoms with van der Waals surface area (Å²) in [7, 11) is 1.49. The molecule has 0 saturated heterocycles. The average molecular weight is 482 g/mol. The number of primary amides is 1. The van der Waals surface area contributed by atoms with Crippen molar-refractivity contribution in [3.63, 3.8) is 0 Å². The van der Waals surface area contributed by atoms with E-state index in [4.69, 9.17) is 9.90 Å². The molecule has 0 bridgehead atoms. The van der Waals surface area contributed by atoms with Crippen LogP contribution in [0.2, 0.25) is 0 Å². The highest BCUT2D eigenvalue weighted by molar-refractivity contribution is 7.14. The smallest absolute Gasteiger partial charge is 0.421 e. The summed E-state index contributed by atoms with van der Waals surface area (Å²) in [6, 6.07) is 7.41. The number of aromatic nitrogens is 2. The van der Waals surface area contributed by atoms with E-state index in [0.717, 1.165) is 11.3 Å². The number of aromatic carboxylic acids is 1. The molecule has 33 heavy (non-hydrogen) atoms. The second-order valence-corrected chi connectivity index (χ2v) is 6.88. The molecular formula is C19H17F3N6O4S. The van der Waals surface area contributed by atoms with Crippen molar-refractivity contribution in [2.75, 3.05) is 17.7 Å². The van der Waals surface area contributed by atoms with Crippen LogP contribution in [-0.4, -0.2) is 40.4 Å². The number of halogens is 3. The second kappa shape index (κ2) is 10.9. The molecule has 0 unspecified atom stereocenters. The predicted molar refractivity (Wildman–Crippen MR) is 115 cm³/mol. The number of nitrogens with zero attached hydrogens (tertiary/aromatic N) is 2. The number of rotatable bonds is 6. The number of nitrogens with two attached hydrogens (primary N) is 1. The Morgan fingerprint density at radius 2 is 1.79 bits per heavy atom. The standard InChI is InChI=1S/C18H14F3N5O3S.CH3NO/c1-22-14(27)9-2-4-10(5-3-9)24-17-23-8-12(18(19,20)21)13(26-17)25-15-11(16(28)29)6-7-30-15;2-1-3/h2-8H,1H3,(H,22,27)(H,28,29)(H2,23,24,25,26);1H,(H2,2,3). The molecule has 2 heterocycles. The Hall–Kier alpha value is -4.20. The van der Waals surface area contributed by atoms with Crippen LogP contribution in [0, 0.1) is 0 Å². The zero-order chi connectivity index (χ0) is 24.6.